The molecule has 2 atom stereocenters. The summed E-state index contributed by atoms with van der Waals surface area (Å²) in [7, 11) is 1.34. The summed E-state index contributed by atoms with van der Waals surface area (Å²) in [5.41, 5.74) is 6.85. The van der Waals surface area contributed by atoms with Gasteiger partial charge in [-0.05, 0) is 5.56 Å². The average molecular weight is 205 g/mol. The lowest BCUT2D eigenvalue weighted by atomic mass is 9.94. The van der Waals surface area contributed by atoms with Crippen molar-refractivity contribution in [2.75, 3.05) is 7.11 Å². The van der Waals surface area contributed by atoms with Crippen molar-refractivity contribution < 1.29 is 9.53 Å². The van der Waals surface area contributed by atoms with Gasteiger partial charge in [0.05, 0.1) is 13.0 Å². The maximum absolute atomic E-state index is 11.4. The lowest BCUT2D eigenvalue weighted by Gasteiger charge is -2.18. The summed E-state index contributed by atoms with van der Waals surface area (Å²) in [5.74, 6) is -0.862. The highest BCUT2D eigenvalue weighted by Gasteiger charge is 2.24. The van der Waals surface area contributed by atoms with Crippen molar-refractivity contribution >= 4 is 5.97 Å². The van der Waals surface area contributed by atoms with E-state index >= 15 is 0 Å². The zero-order chi connectivity index (χ0) is 11.3. The molecule has 1 aromatic rings. The van der Waals surface area contributed by atoms with E-state index in [1.54, 1.807) is 0 Å². The van der Waals surface area contributed by atoms with Crippen LogP contribution >= 0.6 is 0 Å². The van der Waals surface area contributed by atoms with Crippen LogP contribution in [0.25, 0.3) is 0 Å². The van der Waals surface area contributed by atoms with Crippen molar-refractivity contribution in [2.45, 2.75) is 6.04 Å². The Morgan fingerprint density at radius 3 is 2.53 bits per heavy atom. The van der Waals surface area contributed by atoms with Gasteiger partial charge in [0, 0.05) is 6.04 Å². The zero-order valence-electron chi connectivity index (χ0n) is 8.72. The predicted octanol–water partition coefficient (Wildman–Crippen LogP) is 1.66. The standard InChI is InChI=1S/C12H15NO2/c1-3-10(12(14)15-2)11(13)9-7-5-4-6-8-9/h3-8,10-11H,1,13H2,2H3/t10-,11+/m1/s1. The van der Waals surface area contributed by atoms with E-state index in [4.69, 9.17) is 5.73 Å². The molecule has 0 aliphatic heterocycles. The Balaban J connectivity index is 2.87. The van der Waals surface area contributed by atoms with Gasteiger partial charge in [0.2, 0.25) is 0 Å². The van der Waals surface area contributed by atoms with E-state index in [-0.39, 0.29) is 5.97 Å². The molecule has 0 heterocycles. The molecule has 0 radical (unpaired) electrons. The Bertz CT molecular complexity index is 335. The number of ether oxygens (including phenoxy) is 1. The first kappa shape index (κ1) is 11.5. The third kappa shape index (κ3) is 2.67. The Morgan fingerprint density at radius 1 is 1.47 bits per heavy atom. The van der Waals surface area contributed by atoms with Gasteiger partial charge in [0.15, 0.2) is 0 Å². The van der Waals surface area contributed by atoms with Gasteiger partial charge in [-0.15, -0.1) is 6.58 Å². The van der Waals surface area contributed by atoms with Gasteiger partial charge in [-0.3, -0.25) is 4.79 Å². The summed E-state index contributed by atoms with van der Waals surface area (Å²) in [6.07, 6.45) is 1.52. The fourth-order valence-corrected chi connectivity index (χ4v) is 1.41. The molecule has 0 saturated carbocycles. The Hall–Kier alpha value is -1.61. The van der Waals surface area contributed by atoms with E-state index in [1.807, 2.05) is 30.3 Å². The summed E-state index contributed by atoms with van der Waals surface area (Å²) >= 11 is 0. The van der Waals surface area contributed by atoms with Crippen LogP contribution in [0, 0.1) is 5.92 Å². The number of methoxy groups -OCH3 is 1. The van der Waals surface area contributed by atoms with Crippen LogP contribution in [-0.2, 0) is 9.53 Å². The number of benzene rings is 1. The van der Waals surface area contributed by atoms with Gasteiger partial charge >= 0.3 is 5.97 Å². The Kier molecular flexibility index (Phi) is 4.06. The molecule has 0 bridgehead atoms. The van der Waals surface area contributed by atoms with E-state index in [2.05, 4.69) is 11.3 Å². The lowest BCUT2D eigenvalue weighted by Crippen LogP contribution is -2.27. The fraction of sp³-hybridized carbons (Fsp3) is 0.250. The fourth-order valence-electron chi connectivity index (χ4n) is 1.41. The quantitative estimate of drug-likeness (QED) is 0.600. The minimum Gasteiger partial charge on any atom is -0.469 e. The normalized spacial score (nSPS) is 14.0. The molecule has 3 nitrogen and oxygen atoms in total. The van der Waals surface area contributed by atoms with Crippen molar-refractivity contribution in [3.05, 3.63) is 48.6 Å². The summed E-state index contributed by atoms with van der Waals surface area (Å²) in [5, 5.41) is 0. The van der Waals surface area contributed by atoms with Gasteiger partial charge in [-0.25, -0.2) is 0 Å². The second-order valence-corrected chi connectivity index (χ2v) is 3.22. The van der Waals surface area contributed by atoms with E-state index in [0.29, 0.717) is 0 Å². The van der Waals surface area contributed by atoms with Crippen LogP contribution in [0.1, 0.15) is 11.6 Å². The molecule has 0 fully saturated rings. The number of rotatable bonds is 4. The minimum atomic E-state index is -0.502. The number of esters is 1. The third-order valence-corrected chi connectivity index (χ3v) is 2.30. The van der Waals surface area contributed by atoms with Crippen LogP contribution < -0.4 is 5.73 Å². The van der Waals surface area contributed by atoms with Crippen LogP contribution in [0.5, 0.6) is 0 Å². The van der Waals surface area contributed by atoms with Crippen molar-refractivity contribution in [1.29, 1.82) is 0 Å². The van der Waals surface area contributed by atoms with Crippen LogP contribution in [0.3, 0.4) is 0 Å². The molecule has 15 heavy (non-hydrogen) atoms. The Morgan fingerprint density at radius 2 is 2.07 bits per heavy atom. The molecule has 0 amide bonds. The second-order valence-electron chi connectivity index (χ2n) is 3.22. The van der Waals surface area contributed by atoms with E-state index in [9.17, 15) is 4.79 Å². The zero-order valence-corrected chi connectivity index (χ0v) is 8.72. The molecule has 0 aliphatic carbocycles. The summed E-state index contributed by atoms with van der Waals surface area (Å²) in [4.78, 5) is 11.4. The highest BCUT2D eigenvalue weighted by Crippen LogP contribution is 2.21. The van der Waals surface area contributed by atoms with Crippen molar-refractivity contribution in [3.63, 3.8) is 0 Å². The molecule has 0 unspecified atom stereocenters. The van der Waals surface area contributed by atoms with Crippen molar-refractivity contribution in [3.8, 4) is 0 Å². The maximum Gasteiger partial charge on any atom is 0.314 e. The van der Waals surface area contributed by atoms with Crippen LogP contribution in [0.15, 0.2) is 43.0 Å². The van der Waals surface area contributed by atoms with E-state index in [1.165, 1.54) is 13.2 Å². The topological polar surface area (TPSA) is 52.3 Å². The molecular weight excluding hydrogens is 190 g/mol. The highest BCUT2D eigenvalue weighted by molar-refractivity contribution is 5.75. The molecule has 3 heteroatoms. The van der Waals surface area contributed by atoms with Gasteiger partial charge in [0.1, 0.15) is 0 Å². The SMILES string of the molecule is C=C[C@@H](C(=O)OC)[C@@H](N)c1ccccc1. The number of carbonyl (C=O) groups excluding carboxylic acids is 1. The molecule has 1 aromatic carbocycles. The van der Waals surface area contributed by atoms with E-state index < -0.39 is 12.0 Å². The van der Waals surface area contributed by atoms with Gasteiger partial charge in [-0.1, -0.05) is 36.4 Å². The predicted molar refractivity (Wildman–Crippen MR) is 59.1 cm³/mol. The van der Waals surface area contributed by atoms with Gasteiger partial charge in [-0.2, -0.15) is 0 Å². The average Bonchev–Trinajstić information content (AvgIpc) is 2.30. The van der Waals surface area contributed by atoms with Crippen molar-refractivity contribution in [2.24, 2.45) is 11.7 Å². The summed E-state index contributed by atoms with van der Waals surface area (Å²) in [6.45, 7) is 3.60. The third-order valence-electron chi connectivity index (χ3n) is 2.30. The number of carbonyl (C=O) groups is 1. The lowest BCUT2D eigenvalue weighted by molar-refractivity contribution is -0.144. The maximum atomic E-state index is 11.4. The van der Waals surface area contributed by atoms with Crippen LogP contribution in [0.2, 0.25) is 0 Å². The molecule has 2 N–H and O–H groups in total. The molecule has 0 aromatic heterocycles. The van der Waals surface area contributed by atoms with Crippen molar-refractivity contribution in [1.82, 2.24) is 0 Å². The number of hydrogen-bond acceptors (Lipinski definition) is 3. The van der Waals surface area contributed by atoms with Crippen LogP contribution in [-0.4, -0.2) is 13.1 Å². The smallest absolute Gasteiger partial charge is 0.314 e. The first-order valence-corrected chi connectivity index (χ1v) is 4.71. The first-order valence-electron chi connectivity index (χ1n) is 4.71. The largest absolute Gasteiger partial charge is 0.469 e. The Labute approximate surface area is 89.5 Å². The summed E-state index contributed by atoms with van der Waals surface area (Å²) in [6, 6.07) is 9.02. The van der Waals surface area contributed by atoms with Gasteiger partial charge < -0.3 is 10.5 Å². The van der Waals surface area contributed by atoms with Gasteiger partial charge in [0.25, 0.3) is 0 Å². The molecule has 0 spiro atoms. The minimum absolute atomic E-state index is 0.360. The molecule has 0 saturated heterocycles. The second kappa shape index (κ2) is 5.32. The first-order chi connectivity index (χ1) is 7.20. The number of nitrogens with two attached hydrogens (primary N) is 1. The number of hydrogen-bond donors (Lipinski definition) is 1. The van der Waals surface area contributed by atoms with Crippen LogP contribution in [0.4, 0.5) is 0 Å². The summed E-state index contributed by atoms with van der Waals surface area (Å²) < 4.78 is 4.66. The van der Waals surface area contributed by atoms with E-state index in [0.717, 1.165) is 5.56 Å². The highest BCUT2D eigenvalue weighted by atomic mass is 16.5. The monoisotopic (exact) mass is 205 g/mol. The molecule has 1 rings (SSSR count). The molecular formula is C12H15NO2. The molecule has 0 aliphatic rings. The molecule has 80 valence electrons.